The summed E-state index contributed by atoms with van der Waals surface area (Å²) in [6.07, 6.45) is 105. The van der Waals surface area contributed by atoms with Crippen molar-refractivity contribution in [2.45, 2.75) is 366 Å². The quantitative estimate of drug-likeness (QED) is 0.0243. The lowest BCUT2D eigenvalue weighted by Crippen LogP contribution is -2.46. The number of likely N-dealkylation sites (N-methyl/N-ethyl adjacent to an activating group) is 1. The van der Waals surface area contributed by atoms with Crippen molar-refractivity contribution >= 4 is 13.7 Å². The van der Waals surface area contributed by atoms with Gasteiger partial charge in [0.2, 0.25) is 5.91 Å². The molecule has 91 heavy (non-hydrogen) atoms. The Morgan fingerprint density at radius 1 is 0.385 bits per heavy atom. The molecule has 3 N–H and O–H groups in total. The third-order valence-corrected chi connectivity index (χ3v) is 18.3. The smallest absolute Gasteiger partial charge is 0.391 e. The van der Waals surface area contributed by atoms with E-state index in [-0.39, 0.29) is 19.1 Å². The average Bonchev–Trinajstić information content (AvgIpc) is 3.58. The number of rotatable bonds is 71. The number of aliphatic hydroxyl groups is 1. The lowest BCUT2D eigenvalue weighted by atomic mass is 10.0. The number of amides is 1. The normalized spacial score (nSPS) is 14.1. The van der Waals surface area contributed by atoms with Crippen molar-refractivity contribution in [3.05, 3.63) is 109 Å². The summed E-state index contributed by atoms with van der Waals surface area (Å²) in [5.41, 5.74) is 0. The van der Waals surface area contributed by atoms with Crippen LogP contribution in [0.1, 0.15) is 354 Å². The molecule has 8 nitrogen and oxygen atoms in total. The molecule has 0 aliphatic carbocycles. The van der Waals surface area contributed by atoms with Gasteiger partial charge in [0.15, 0.2) is 0 Å². The van der Waals surface area contributed by atoms with E-state index in [2.05, 4.69) is 129 Å². The van der Waals surface area contributed by atoms with Crippen LogP contribution in [0.5, 0.6) is 0 Å². The van der Waals surface area contributed by atoms with Gasteiger partial charge >= 0.3 is 7.82 Å². The molecule has 0 saturated carbocycles. The summed E-state index contributed by atoms with van der Waals surface area (Å²) >= 11 is 0. The van der Waals surface area contributed by atoms with Gasteiger partial charge in [0.05, 0.1) is 39.9 Å². The molecule has 0 aromatic heterocycles. The minimum absolute atomic E-state index is 0.0708. The Hall–Kier alpha value is -2.84. The van der Waals surface area contributed by atoms with Crippen molar-refractivity contribution in [3.63, 3.8) is 0 Å². The van der Waals surface area contributed by atoms with Crippen molar-refractivity contribution in [2.24, 2.45) is 0 Å². The van der Waals surface area contributed by atoms with E-state index in [1.807, 2.05) is 21.1 Å². The lowest BCUT2D eigenvalue weighted by molar-refractivity contribution is -0.870. The third-order valence-electron chi connectivity index (χ3n) is 17.3. The summed E-state index contributed by atoms with van der Waals surface area (Å²) < 4.78 is 23.9. The summed E-state index contributed by atoms with van der Waals surface area (Å²) in [6, 6.07) is -0.771. The van der Waals surface area contributed by atoms with Crippen LogP contribution in [0.25, 0.3) is 0 Å². The number of hydrogen-bond acceptors (Lipinski definition) is 5. The van der Waals surface area contributed by atoms with Gasteiger partial charge in [-0.3, -0.25) is 13.8 Å². The number of unbranched alkanes of at least 4 members (excludes halogenated alkanes) is 40. The van der Waals surface area contributed by atoms with Crippen molar-refractivity contribution in [1.82, 2.24) is 5.32 Å². The number of carbonyl (C=O) groups excluding carboxylic acids is 1. The van der Waals surface area contributed by atoms with Crippen molar-refractivity contribution in [3.8, 4) is 0 Å². The first-order valence-electron chi connectivity index (χ1n) is 38.8. The number of carbonyl (C=O) groups is 1. The number of phosphoric ester groups is 1. The number of nitrogens with zero attached hydrogens (tertiary/aromatic N) is 1. The molecule has 1 amide bonds. The van der Waals surface area contributed by atoms with Gasteiger partial charge in [-0.1, -0.05) is 374 Å². The van der Waals surface area contributed by atoms with Crippen LogP contribution in [0.15, 0.2) is 109 Å². The molecule has 528 valence electrons. The molecule has 0 bridgehead atoms. The third kappa shape index (κ3) is 74.4. The van der Waals surface area contributed by atoms with Crippen molar-refractivity contribution in [2.75, 3.05) is 40.9 Å². The minimum Gasteiger partial charge on any atom is -0.391 e. The number of phosphoric acid groups is 1. The van der Waals surface area contributed by atoms with E-state index >= 15 is 0 Å². The molecule has 0 heterocycles. The highest BCUT2D eigenvalue weighted by Gasteiger charge is 2.28. The van der Waals surface area contributed by atoms with Crippen LogP contribution in [0.3, 0.4) is 0 Å². The molecular weight excluding hydrogens is 1140 g/mol. The second-order valence-corrected chi connectivity index (χ2v) is 28.8. The second-order valence-electron chi connectivity index (χ2n) is 27.4. The topological polar surface area (TPSA) is 105 Å². The predicted molar refractivity (Wildman–Crippen MR) is 401 cm³/mol. The van der Waals surface area contributed by atoms with Crippen LogP contribution in [0.4, 0.5) is 0 Å². The fourth-order valence-corrected chi connectivity index (χ4v) is 12.1. The molecular formula is C82H150N2O6P+. The summed E-state index contributed by atoms with van der Waals surface area (Å²) in [6.45, 7) is 4.81. The molecule has 0 saturated heterocycles. The predicted octanol–water partition coefficient (Wildman–Crippen LogP) is 25.4. The molecule has 3 unspecified atom stereocenters. The van der Waals surface area contributed by atoms with Gasteiger partial charge in [-0.2, -0.15) is 0 Å². The van der Waals surface area contributed by atoms with E-state index in [1.165, 1.54) is 231 Å². The van der Waals surface area contributed by atoms with Gasteiger partial charge in [0.25, 0.3) is 0 Å². The Bertz CT molecular complexity index is 1860. The van der Waals surface area contributed by atoms with Crippen LogP contribution in [0, 0.1) is 0 Å². The number of hydrogen-bond donors (Lipinski definition) is 3. The number of allylic oxidation sites excluding steroid dienone is 18. The maximum absolute atomic E-state index is 13.1. The first-order valence-corrected chi connectivity index (χ1v) is 40.2. The fraction of sp³-hybridized carbons (Fsp3) is 0.768. The van der Waals surface area contributed by atoms with Gasteiger partial charge in [0.1, 0.15) is 13.2 Å². The van der Waals surface area contributed by atoms with Crippen molar-refractivity contribution in [1.29, 1.82) is 0 Å². The van der Waals surface area contributed by atoms with Crippen LogP contribution >= 0.6 is 7.82 Å². The zero-order chi connectivity index (χ0) is 66.2. The van der Waals surface area contributed by atoms with Crippen LogP contribution in [-0.2, 0) is 18.4 Å². The zero-order valence-corrected chi connectivity index (χ0v) is 61.5. The van der Waals surface area contributed by atoms with Gasteiger partial charge in [0, 0.05) is 6.42 Å². The molecule has 0 aromatic carbocycles. The maximum Gasteiger partial charge on any atom is 0.472 e. The Balaban J connectivity index is 4.03. The highest BCUT2D eigenvalue weighted by molar-refractivity contribution is 7.47. The molecule has 9 heteroatoms. The molecule has 0 spiro atoms. The highest BCUT2D eigenvalue weighted by atomic mass is 31.2. The highest BCUT2D eigenvalue weighted by Crippen LogP contribution is 2.43. The Labute approximate surface area is 565 Å². The molecule has 0 rings (SSSR count). The molecule has 0 aromatic rings. The maximum atomic E-state index is 13.1. The first kappa shape index (κ1) is 88.2. The van der Waals surface area contributed by atoms with Crippen LogP contribution < -0.4 is 5.32 Å². The molecule has 0 aliphatic heterocycles. The van der Waals surface area contributed by atoms with E-state index in [1.54, 1.807) is 0 Å². The Morgan fingerprint density at radius 3 is 0.967 bits per heavy atom. The zero-order valence-electron chi connectivity index (χ0n) is 60.6. The second kappa shape index (κ2) is 71.5. The Kier molecular flexibility index (Phi) is 69.2. The number of nitrogens with one attached hydrogen (secondary N) is 1. The fourth-order valence-electron chi connectivity index (χ4n) is 11.3. The van der Waals surface area contributed by atoms with E-state index in [0.29, 0.717) is 23.9 Å². The summed E-state index contributed by atoms with van der Waals surface area (Å²) in [5.74, 6) is -0.146. The summed E-state index contributed by atoms with van der Waals surface area (Å²) in [4.78, 5) is 23.5. The van der Waals surface area contributed by atoms with E-state index in [4.69, 9.17) is 9.05 Å². The van der Waals surface area contributed by atoms with Crippen LogP contribution in [0.2, 0.25) is 0 Å². The molecule has 0 fully saturated rings. The molecule has 0 radical (unpaired) electrons. The van der Waals surface area contributed by atoms with Crippen molar-refractivity contribution < 1.29 is 32.9 Å². The van der Waals surface area contributed by atoms with Gasteiger partial charge in [-0.15, -0.1) is 0 Å². The SMILES string of the molecule is CC/C=C\C/C=C\C/C=C\C/C=C\C/C=C\C/C=C\C/C=C\C/C=C\C/C=C\CCCCCCCCCCCCCC(=O)NC(COP(=O)(O)OCC[N+](C)(C)C)C(O)CCCCCCCCCCCCCCCCCCCCCCCCCCCCCCCC. The monoisotopic (exact) mass is 1290 g/mol. The summed E-state index contributed by atoms with van der Waals surface area (Å²) in [5, 5.41) is 14.2. The molecule has 3 atom stereocenters. The largest absolute Gasteiger partial charge is 0.472 e. The van der Waals surface area contributed by atoms with Gasteiger partial charge in [-0.25, -0.2) is 4.57 Å². The minimum atomic E-state index is -4.34. The number of aliphatic hydroxyl groups excluding tert-OH is 1. The van der Waals surface area contributed by atoms with Gasteiger partial charge in [-0.05, 0) is 83.5 Å². The average molecular weight is 1290 g/mol. The molecule has 0 aliphatic rings. The lowest BCUT2D eigenvalue weighted by Gasteiger charge is -2.26. The van der Waals surface area contributed by atoms with Crippen LogP contribution in [-0.4, -0.2) is 73.4 Å². The standard InChI is InChI=1S/C82H149N2O6P/c1-6-8-10-12-14-16-18-20-22-24-26-28-30-32-34-36-38-39-40-41-42-43-44-45-46-48-50-52-54-56-58-60-62-64-66-68-70-72-74-76-82(86)83-80(79-90-91(87,88)89-78-77-84(3,4)5)81(85)75-73-71-69-67-65-63-61-59-57-55-53-51-49-47-37-35-33-31-29-27-25-23-21-19-17-15-13-11-9-7-2/h8,10,14,16,20,22,26,28,32,34,38-39,41-42,44-45,48,50,80-81,85H,6-7,9,11-13,15,17-19,21,23-25,27,29-31,33,35-37,40,43,46-47,49,51-79H2,1-5H3,(H-,83,86,87,88)/p+1/b10-8-,16-14-,22-20-,28-26-,34-32-,39-38-,42-41-,45-44-,50-48-. The van der Waals surface area contributed by atoms with E-state index < -0.39 is 20.0 Å². The Morgan fingerprint density at radius 2 is 0.659 bits per heavy atom. The first-order chi connectivity index (χ1) is 44.5. The van der Waals surface area contributed by atoms with Gasteiger partial charge < -0.3 is 19.8 Å². The van der Waals surface area contributed by atoms with E-state index in [9.17, 15) is 19.4 Å². The van der Waals surface area contributed by atoms with E-state index in [0.717, 1.165) is 96.3 Å². The number of quaternary nitrogens is 1. The summed E-state index contributed by atoms with van der Waals surface area (Å²) in [7, 11) is 1.62.